The maximum absolute atomic E-state index is 2.63. The third-order valence-electron chi connectivity index (χ3n) is 20.5. The predicted molar refractivity (Wildman–Crippen MR) is 312 cm³/mol. The highest BCUT2D eigenvalue weighted by atomic mass is 15.1. The minimum atomic E-state index is 0.198. The largest absolute Gasteiger partial charge is 0.310 e. The van der Waals surface area contributed by atoms with Crippen molar-refractivity contribution in [2.45, 2.75) is 62.7 Å². The van der Waals surface area contributed by atoms with E-state index in [9.17, 15) is 0 Å². The molecule has 5 fully saturated rings. The van der Waals surface area contributed by atoms with Gasteiger partial charge in [0.1, 0.15) is 0 Å². The Labute approximate surface area is 439 Å². The van der Waals surface area contributed by atoms with Gasteiger partial charge in [-0.2, -0.15) is 0 Å². The lowest BCUT2D eigenvalue weighted by atomic mass is 9.11. The molecule has 0 bridgehead atoms. The van der Waals surface area contributed by atoms with Crippen molar-refractivity contribution < 1.29 is 0 Å². The molecule has 1 heterocycles. The fraction of sp³-hybridized carbons (Fsp3) is 0.205. The number of anilines is 3. The van der Waals surface area contributed by atoms with Gasteiger partial charge in [-0.05, 0) is 183 Å². The van der Waals surface area contributed by atoms with Gasteiger partial charge in [0.25, 0.3) is 0 Å². The van der Waals surface area contributed by atoms with Gasteiger partial charge in [-0.1, -0.05) is 189 Å². The average Bonchev–Trinajstić information content (AvgIpc) is 2.74. The molecule has 10 aromatic carbocycles. The monoisotopic (exact) mass is 962 g/mol. The summed E-state index contributed by atoms with van der Waals surface area (Å²) in [6.07, 6.45) is 10.8. The van der Waals surface area contributed by atoms with E-state index in [0.717, 1.165) is 35.0 Å². The summed E-state index contributed by atoms with van der Waals surface area (Å²) >= 11 is 0. The van der Waals surface area contributed by atoms with E-state index < -0.39 is 0 Å². The van der Waals surface area contributed by atoms with Gasteiger partial charge in [0.05, 0.1) is 16.7 Å². The van der Waals surface area contributed by atoms with E-state index in [-0.39, 0.29) is 5.41 Å². The summed E-state index contributed by atoms with van der Waals surface area (Å²) in [6, 6.07) is 85.6. The molecule has 0 saturated heterocycles. The van der Waals surface area contributed by atoms with E-state index in [1.807, 2.05) is 0 Å². The number of hydrogen-bond acceptors (Lipinski definition) is 1. The van der Waals surface area contributed by atoms with Crippen LogP contribution in [0.1, 0.15) is 74.0 Å². The first-order valence-corrected chi connectivity index (χ1v) is 28.1. The molecule has 0 aliphatic heterocycles. The summed E-state index contributed by atoms with van der Waals surface area (Å²) in [5.74, 6) is 4.20. The molecule has 6 aliphatic rings. The lowest BCUT2D eigenvalue weighted by Gasteiger charge is -2.92. The van der Waals surface area contributed by atoms with Crippen LogP contribution in [0.4, 0.5) is 17.1 Å². The van der Waals surface area contributed by atoms with Gasteiger partial charge >= 0.3 is 0 Å². The topological polar surface area (TPSA) is 8.17 Å². The van der Waals surface area contributed by atoms with Crippen LogP contribution in [-0.2, 0) is 5.41 Å². The van der Waals surface area contributed by atoms with Crippen molar-refractivity contribution >= 4 is 49.6 Å². The van der Waals surface area contributed by atoms with Crippen LogP contribution in [0.2, 0.25) is 0 Å². The Bertz CT molecular complexity index is 4090. The van der Waals surface area contributed by atoms with E-state index in [1.165, 1.54) is 145 Å². The summed E-state index contributed by atoms with van der Waals surface area (Å²) in [4.78, 5) is 2.52. The number of nitrogens with zero attached hydrogens (tertiary/aromatic N) is 2. The molecular weight excluding hydrogens is 905 g/mol. The predicted octanol–water partition coefficient (Wildman–Crippen LogP) is 19.4. The lowest BCUT2D eigenvalue weighted by molar-refractivity contribution is -0.412. The van der Waals surface area contributed by atoms with Crippen molar-refractivity contribution in [2.24, 2.45) is 29.1 Å². The van der Waals surface area contributed by atoms with Crippen molar-refractivity contribution in [3.8, 4) is 50.2 Å². The first kappa shape index (κ1) is 42.4. The molecule has 1 aromatic heterocycles. The van der Waals surface area contributed by atoms with Gasteiger partial charge in [0, 0.05) is 44.4 Å². The van der Waals surface area contributed by atoms with E-state index in [1.54, 1.807) is 11.1 Å². The molecule has 17 rings (SSSR count). The highest BCUT2D eigenvalue weighted by Gasteiger charge is 2.90. The van der Waals surface area contributed by atoms with Crippen LogP contribution < -0.4 is 4.90 Å². The van der Waals surface area contributed by atoms with Crippen molar-refractivity contribution in [3.63, 3.8) is 0 Å². The Morgan fingerprint density at radius 1 is 0.427 bits per heavy atom. The van der Waals surface area contributed by atoms with E-state index in [0.29, 0.717) is 11.3 Å². The summed E-state index contributed by atoms with van der Waals surface area (Å²) in [7, 11) is 0. The lowest BCUT2D eigenvalue weighted by Crippen LogP contribution is -2.88. The van der Waals surface area contributed by atoms with Crippen molar-refractivity contribution in [1.29, 1.82) is 0 Å². The maximum Gasteiger partial charge on any atom is 0.0619 e. The smallest absolute Gasteiger partial charge is 0.0619 e. The highest BCUT2D eigenvalue weighted by molar-refractivity contribution is 6.14. The molecule has 2 nitrogen and oxygen atoms in total. The van der Waals surface area contributed by atoms with Crippen LogP contribution in [0.5, 0.6) is 0 Å². The summed E-state index contributed by atoms with van der Waals surface area (Å²) in [5.41, 5.74) is 23.3. The average molecular weight is 963 g/mol. The number of fused-ring (bicyclic) bond motifs is 11. The van der Waals surface area contributed by atoms with Crippen LogP contribution in [0.15, 0.2) is 224 Å². The van der Waals surface area contributed by atoms with Gasteiger partial charge in [0.15, 0.2) is 0 Å². The number of benzene rings is 10. The number of para-hydroxylation sites is 4. The Kier molecular flexibility index (Phi) is 8.93. The van der Waals surface area contributed by atoms with Crippen LogP contribution in [0.3, 0.4) is 0 Å². The molecule has 2 spiro atoms. The summed E-state index contributed by atoms with van der Waals surface area (Å²) in [6.45, 7) is 0. The van der Waals surface area contributed by atoms with Crippen molar-refractivity contribution in [3.05, 3.63) is 241 Å². The Hall–Kier alpha value is -7.94. The molecule has 0 amide bonds. The standard InChI is InChI=1S/C73H58N2/c1-3-16-47(17-4-1)56-25-13-18-49-19-14-27-62(70(49)56)60-23-8-11-30-66(60)74(55-39-34-48(35-40-55)57-26-15-28-63-61-24-9-12-31-67(61)75(71(57)63)53-20-5-2-6-21-53)54-37-32-46(33-38-54)50-36-41-59-58-22-7-10-29-64(58)73(65(59)42-50)68-44-51-43-52-45-69(73)72(51,52)68/h2,5-15,18-42,47,51-52,68-69H,1,3-4,16-17,43-45H2. The van der Waals surface area contributed by atoms with E-state index >= 15 is 0 Å². The molecule has 0 radical (unpaired) electrons. The molecule has 4 unspecified atom stereocenters. The van der Waals surface area contributed by atoms with Crippen LogP contribution in [0.25, 0.3) is 82.8 Å². The molecule has 75 heavy (non-hydrogen) atoms. The van der Waals surface area contributed by atoms with Gasteiger partial charge in [-0.15, -0.1) is 0 Å². The second-order valence-corrected chi connectivity index (χ2v) is 23.3. The maximum atomic E-state index is 2.63. The minimum absolute atomic E-state index is 0.198. The van der Waals surface area contributed by atoms with Crippen molar-refractivity contribution in [1.82, 2.24) is 4.57 Å². The van der Waals surface area contributed by atoms with Gasteiger partial charge in [-0.25, -0.2) is 0 Å². The Balaban J connectivity index is 0.809. The Morgan fingerprint density at radius 2 is 1.04 bits per heavy atom. The number of rotatable bonds is 8. The zero-order valence-corrected chi connectivity index (χ0v) is 42.3. The second kappa shape index (κ2) is 15.8. The first-order chi connectivity index (χ1) is 37.2. The van der Waals surface area contributed by atoms with E-state index in [4.69, 9.17) is 0 Å². The summed E-state index contributed by atoms with van der Waals surface area (Å²) < 4.78 is 2.45. The molecular formula is C73H58N2. The third-order valence-corrected chi connectivity index (χ3v) is 20.5. The molecule has 2 heteroatoms. The zero-order chi connectivity index (χ0) is 49.0. The minimum Gasteiger partial charge on any atom is -0.310 e. The quantitative estimate of drug-likeness (QED) is 0.147. The van der Waals surface area contributed by atoms with Gasteiger partial charge < -0.3 is 9.47 Å². The number of hydrogen-bond donors (Lipinski definition) is 0. The van der Waals surface area contributed by atoms with Crippen LogP contribution in [-0.4, -0.2) is 4.57 Å². The van der Waals surface area contributed by atoms with Gasteiger partial charge in [0.2, 0.25) is 0 Å². The van der Waals surface area contributed by atoms with Crippen LogP contribution >= 0.6 is 0 Å². The third kappa shape index (κ3) is 5.60. The molecule has 4 atom stereocenters. The first-order valence-electron chi connectivity index (χ1n) is 28.1. The fourth-order valence-corrected chi connectivity index (χ4v) is 17.5. The number of aromatic nitrogens is 1. The van der Waals surface area contributed by atoms with Gasteiger partial charge in [-0.3, -0.25) is 0 Å². The second-order valence-electron chi connectivity index (χ2n) is 23.3. The molecule has 5 saturated carbocycles. The molecule has 11 aromatic rings. The Morgan fingerprint density at radius 3 is 1.83 bits per heavy atom. The molecule has 360 valence electrons. The zero-order valence-electron chi connectivity index (χ0n) is 42.3. The van der Waals surface area contributed by atoms with Crippen molar-refractivity contribution in [2.75, 3.05) is 4.90 Å². The summed E-state index contributed by atoms with van der Waals surface area (Å²) in [5, 5.41) is 5.27. The molecule has 6 aliphatic carbocycles. The normalized spacial score (nSPS) is 23.6. The molecule has 0 N–H and O–H groups in total. The SMILES string of the molecule is c1ccc(-n2c3ccccc3c3cccc(-c4ccc(N(c5ccc(-c6ccc7c(c6)C6(c8ccccc8-7)C7CC8CC9CC6C897)cc5)c5ccccc5-c5cccc6cccc(C7CCCCC7)c56)cc4)c32)cc1. The highest BCUT2D eigenvalue weighted by Crippen LogP contribution is 2.94. The van der Waals surface area contributed by atoms with Crippen LogP contribution in [0, 0.1) is 29.1 Å². The fourth-order valence-electron chi connectivity index (χ4n) is 17.5. The van der Waals surface area contributed by atoms with E-state index in [2.05, 4.69) is 234 Å².